The Morgan fingerprint density at radius 2 is 2.12 bits per heavy atom. The van der Waals surface area contributed by atoms with Crippen LogP contribution in [0.1, 0.15) is 17.1 Å². The normalized spacial score (nSPS) is 10.8. The van der Waals surface area contributed by atoms with Crippen LogP contribution in [-0.2, 0) is 6.42 Å². The minimum atomic E-state index is 0.871. The van der Waals surface area contributed by atoms with E-state index in [1.54, 1.807) is 11.3 Å². The summed E-state index contributed by atoms with van der Waals surface area (Å²) >= 11 is 1.74. The second kappa shape index (κ2) is 5.38. The summed E-state index contributed by atoms with van der Waals surface area (Å²) in [5.74, 6) is 0.919. The first-order chi connectivity index (χ1) is 8.20. The van der Waals surface area contributed by atoms with Crippen molar-refractivity contribution >= 4 is 11.3 Å². The van der Waals surface area contributed by atoms with Crippen LogP contribution in [0.4, 0.5) is 0 Å². The molecule has 90 valence electrons. The van der Waals surface area contributed by atoms with Crippen LogP contribution in [-0.4, -0.2) is 23.6 Å². The maximum absolute atomic E-state index is 4.63. The fraction of sp³-hybridized carbons (Fsp3) is 0.385. The highest BCUT2D eigenvalue weighted by atomic mass is 32.1. The van der Waals surface area contributed by atoms with Gasteiger partial charge in [-0.15, -0.1) is 11.3 Å². The van der Waals surface area contributed by atoms with Gasteiger partial charge in [-0.1, -0.05) is 0 Å². The summed E-state index contributed by atoms with van der Waals surface area (Å²) in [6.45, 7) is 5.06. The number of nitrogens with zero attached hydrogens (tertiary/aromatic N) is 2. The molecule has 0 aliphatic carbocycles. The van der Waals surface area contributed by atoms with Crippen LogP contribution in [0.2, 0.25) is 0 Å². The van der Waals surface area contributed by atoms with Crippen LogP contribution in [0, 0.1) is 13.8 Å². The van der Waals surface area contributed by atoms with E-state index in [4.69, 9.17) is 0 Å². The molecule has 0 aliphatic heterocycles. The van der Waals surface area contributed by atoms with Gasteiger partial charge in [-0.2, -0.15) is 0 Å². The average Bonchev–Trinajstić information content (AvgIpc) is 2.72. The number of thiophene rings is 1. The van der Waals surface area contributed by atoms with Crippen molar-refractivity contribution in [1.82, 2.24) is 15.3 Å². The first-order valence-corrected chi connectivity index (χ1v) is 6.62. The van der Waals surface area contributed by atoms with E-state index >= 15 is 0 Å². The molecule has 0 radical (unpaired) electrons. The van der Waals surface area contributed by atoms with Gasteiger partial charge in [0.15, 0.2) is 0 Å². The third kappa shape index (κ3) is 2.90. The van der Waals surface area contributed by atoms with Crippen molar-refractivity contribution in [2.45, 2.75) is 20.3 Å². The lowest BCUT2D eigenvalue weighted by molar-refractivity contribution is 0.752. The zero-order valence-corrected chi connectivity index (χ0v) is 11.3. The standard InChI is InChI=1S/C13H17N3S/c1-9-5-7-17-13(9)11-8-10(2)15-12(16-11)4-6-14-3/h5,7-8,14H,4,6H2,1-3H3. The summed E-state index contributed by atoms with van der Waals surface area (Å²) in [6.07, 6.45) is 0.871. The van der Waals surface area contributed by atoms with Crippen LogP contribution in [0.5, 0.6) is 0 Å². The number of hydrogen-bond donors (Lipinski definition) is 1. The zero-order chi connectivity index (χ0) is 12.3. The van der Waals surface area contributed by atoms with E-state index in [0.29, 0.717) is 0 Å². The van der Waals surface area contributed by atoms with Crippen molar-refractivity contribution in [3.8, 4) is 10.6 Å². The fourth-order valence-corrected chi connectivity index (χ4v) is 2.62. The smallest absolute Gasteiger partial charge is 0.130 e. The van der Waals surface area contributed by atoms with Crippen LogP contribution in [0.15, 0.2) is 17.5 Å². The largest absolute Gasteiger partial charge is 0.319 e. The van der Waals surface area contributed by atoms with Gasteiger partial charge in [-0.05, 0) is 44.0 Å². The van der Waals surface area contributed by atoms with Gasteiger partial charge in [0.1, 0.15) is 5.82 Å². The lowest BCUT2D eigenvalue weighted by Crippen LogP contribution is -2.12. The number of likely N-dealkylation sites (N-methyl/N-ethyl adjacent to an activating group) is 1. The predicted molar refractivity (Wildman–Crippen MR) is 72.4 cm³/mol. The minimum Gasteiger partial charge on any atom is -0.319 e. The van der Waals surface area contributed by atoms with Crippen LogP contribution in [0.25, 0.3) is 10.6 Å². The molecule has 17 heavy (non-hydrogen) atoms. The second-order valence-corrected chi connectivity index (χ2v) is 5.01. The van der Waals surface area contributed by atoms with Gasteiger partial charge in [0, 0.05) is 18.7 Å². The van der Waals surface area contributed by atoms with Crippen LogP contribution >= 0.6 is 11.3 Å². The molecule has 0 spiro atoms. The number of aryl methyl sites for hydroxylation is 2. The van der Waals surface area contributed by atoms with E-state index in [-0.39, 0.29) is 0 Å². The molecule has 4 heteroatoms. The maximum atomic E-state index is 4.63. The lowest BCUT2D eigenvalue weighted by Gasteiger charge is -2.05. The molecule has 0 atom stereocenters. The Balaban J connectivity index is 2.35. The lowest BCUT2D eigenvalue weighted by atomic mass is 10.2. The Morgan fingerprint density at radius 1 is 1.29 bits per heavy atom. The van der Waals surface area contributed by atoms with E-state index < -0.39 is 0 Å². The van der Waals surface area contributed by atoms with E-state index in [2.05, 4.69) is 39.7 Å². The van der Waals surface area contributed by atoms with Crippen molar-refractivity contribution in [3.63, 3.8) is 0 Å². The summed E-state index contributed by atoms with van der Waals surface area (Å²) < 4.78 is 0. The van der Waals surface area contributed by atoms with E-state index in [1.807, 2.05) is 14.0 Å². The molecule has 1 N–H and O–H groups in total. The van der Waals surface area contributed by atoms with Crippen LogP contribution < -0.4 is 5.32 Å². The zero-order valence-electron chi connectivity index (χ0n) is 10.4. The van der Waals surface area contributed by atoms with E-state index in [0.717, 1.165) is 30.2 Å². The van der Waals surface area contributed by atoms with E-state index in [1.165, 1.54) is 10.4 Å². The molecule has 0 saturated carbocycles. The predicted octanol–water partition coefficient (Wildman–Crippen LogP) is 2.58. The Labute approximate surface area is 106 Å². The molecule has 2 rings (SSSR count). The highest BCUT2D eigenvalue weighted by molar-refractivity contribution is 7.13. The highest BCUT2D eigenvalue weighted by Gasteiger charge is 2.08. The summed E-state index contributed by atoms with van der Waals surface area (Å²) in [7, 11) is 1.94. The monoisotopic (exact) mass is 247 g/mol. The van der Waals surface area contributed by atoms with Gasteiger partial charge in [0.2, 0.25) is 0 Å². The molecule has 0 amide bonds. The van der Waals surface area contributed by atoms with Gasteiger partial charge >= 0.3 is 0 Å². The van der Waals surface area contributed by atoms with Crippen molar-refractivity contribution in [1.29, 1.82) is 0 Å². The Hall–Kier alpha value is -1.26. The van der Waals surface area contributed by atoms with Gasteiger partial charge < -0.3 is 5.32 Å². The number of nitrogens with one attached hydrogen (secondary N) is 1. The topological polar surface area (TPSA) is 37.8 Å². The summed E-state index contributed by atoms with van der Waals surface area (Å²) in [4.78, 5) is 10.3. The number of aromatic nitrogens is 2. The van der Waals surface area contributed by atoms with Crippen molar-refractivity contribution < 1.29 is 0 Å². The van der Waals surface area contributed by atoms with Crippen molar-refractivity contribution in [2.24, 2.45) is 0 Å². The van der Waals surface area contributed by atoms with Crippen LogP contribution in [0.3, 0.4) is 0 Å². The fourth-order valence-electron chi connectivity index (χ4n) is 1.73. The first-order valence-electron chi connectivity index (χ1n) is 5.74. The molecule has 2 heterocycles. The SMILES string of the molecule is CNCCc1nc(C)cc(-c2sccc2C)n1. The van der Waals surface area contributed by atoms with Crippen molar-refractivity contribution in [3.05, 3.63) is 34.6 Å². The van der Waals surface area contributed by atoms with Gasteiger partial charge in [-0.3, -0.25) is 0 Å². The van der Waals surface area contributed by atoms with Gasteiger partial charge in [0.05, 0.1) is 10.6 Å². The van der Waals surface area contributed by atoms with Gasteiger partial charge in [-0.25, -0.2) is 9.97 Å². The molecule has 2 aromatic heterocycles. The Bertz CT molecular complexity index is 505. The second-order valence-electron chi connectivity index (χ2n) is 4.10. The molecular weight excluding hydrogens is 230 g/mol. The maximum Gasteiger partial charge on any atom is 0.130 e. The highest BCUT2D eigenvalue weighted by Crippen LogP contribution is 2.27. The quantitative estimate of drug-likeness (QED) is 0.902. The van der Waals surface area contributed by atoms with Crippen molar-refractivity contribution in [2.75, 3.05) is 13.6 Å². The molecule has 0 unspecified atom stereocenters. The molecular formula is C13H17N3S. The average molecular weight is 247 g/mol. The summed E-state index contributed by atoms with van der Waals surface area (Å²) in [5, 5.41) is 5.23. The minimum absolute atomic E-state index is 0.871. The molecule has 0 bridgehead atoms. The third-order valence-electron chi connectivity index (χ3n) is 2.59. The molecule has 3 nitrogen and oxygen atoms in total. The molecule has 2 aromatic rings. The van der Waals surface area contributed by atoms with E-state index in [9.17, 15) is 0 Å². The summed E-state index contributed by atoms with van der Waals surface area (Å²) in [5.41, 5.74) is 3.37. The Morgan fingerprint density at radius 3 is 2.76 bits per heavy atom. The third-order valence-corrected chi connectivity index (χ3v) is 3.63. The summed E-state index contributed by atoms with van der Waals surface area (Å²) in [6, 6.07) is 4.19. The molecule has 0 fully saturated rings. The number of rotatable bonds is 4. The van der Waals surface area contributed by atoms with Gasteiger partial charge in [0.25, 0.3) is 0 Å². The number of hydrogen-bond acceptors (Lipinski definition) is 4. The molecule has 0 aliphatic rings. The molecule has 0 aromatic carbocycles. The Kier molecular flexibility index (Phi) is 3.86. The first kappa shape index (κ1) is 12.2. The molecule has 0 saturated heterocycles.